The first-order valence-corrected chi connectivity index (χ1v) is 7.61. The summed E-state index contributed by atoms with van der Waals surface area (Å²) < 4.78 is 0. The van der Waals surface area contributed by atoms with E-state index in [4.69, 9.17) is 0 Å². The summed E-state index contributed by atoms with van der Waals surface area (Å²) in [5.74, 6) is -0.294. The quantitative estimate of drug-likeness (QED) is 0.596. The zero-order valence-electron chi connectivity index (χ0n) is 11.8. The van der Waals surface area contributed by atoms with E-state index in [0.717, 1.165) is 0 Å². The van der Waals surface area contributed by atoms with Crippen molar-refractivity contribution < 1.29 is 9.72 Å². The van der Waals surface area contributed by atoms with Crippen molar-refractivity contribution in [3.63, 3.8) is 0 Å². The summed E-state index contributed by atoms with van der Waals surface area (Å²) in [5, 5.41) is 17.0. The third-order valence-electron chi connectivity index (χ3n) is 2.78. The number of rotatable bonds is 7. The van der Waals surface area contributed by atoms with Crippen LogP contribution in [0.1, 0.15) is 24.2 Å². The van der Waals surface area contributed by atoms with Crippen molar-refractivity contribution in [2.45, 2.75) is 19.1 Å². The standard InChI is InChI=1S/C13H19N3O3S/c1-4-14-11-6-5-10(7-12(11)16(18)19)13(17)15-8-9(2)20-3/h5-7,9,14H,4,8H2,1-3H3,(H,15,17). The maximum absolute atomic E-state index is 11.9. The predicted molar refractivity (Wildman–Crippen MR) is 82.6 cm³/mol. The Balaban J connectivity index is 2.88. The molecule has 1 aromatic carbocycles. The fourth-order valence-corrected chi connectivity index (χ4v) is 1.84. The lowest BCUT2D eigenvalue weighted by atomic mass is 10.1. The van der Waals surface area contributed by atoms with E-state index in [-0.39, 0.29) is 11.6 Å². The molecule has 0 fully saturated rings. The highest BCUT2D eigenvalue weighted by Crippen LogP contribution is 2.25. The Bertz CT molecular complexity index is 494. The molecule has 7 heteroatoms. The lowest BCUT2D eigenvalue weighted by molar-refractivity contribution is -0.384. The third-order valence-corrected chi connectivity index (χ3v) is 3.75. The van der Waals surface area contributed by atoms with Crippen LogP contribution < -0.4 is 10.6 Å². The van der Waals surface area contributed by atoms with Crippen LogP contribution in [0.5, 0.6) is 0 Å². The average Bonchev–Trinajstić information content (AvgIpc) is 2.44. The van der Waals surface area contributed by atoms with Crippen LogP contribution in [0.25, 0.3) is 0 Å². The molecule has 1 unspecified atom stereocenters. The normalized spacial score (nSPS) is 11.8. The van der Waals surface area contributed by atoms with Gasteiger partial charge in [-0.3, -0.25) is 14.9 Å². The molecule has 0 spiro atoms. The lowest BCUT2D eigenvalue weighted by Gasteiger charge is -2.10. The Labute approximate surface area is 122 Å². The number of carbonyl (C=O) groups is 1. The summed E-state index contributed by atoms with van der Waals surface area (Å²) in [4.78, 5) is 22.5. The molecule has 0 aliphatic carbocycles. The van der Waals surface area contributed by atoms with Gasteiger partial charge in [0.1, 0.15) is 5.69 Å². The number of nitro groups is 1. The average molecular weight is 297 g/mol. The zero-order chi connectivity index (χ0) is 15.1. The highest BCUT2D eigenvalue weighted by molar-refractivity contribution is 7.99. The van der Waals surface area contributed by atoms with Crippen molar-refractivity contribution in [1.29, 1.82) is 0 Å². The van der Waals surface area contributed by atoms with Gasteiger partial charge in [-0.1, -0.05) is 6.92 Å². The number of thioether (sulfide) groups is 1. The molecule has 2 N–H and O–H groups in total. The molecule has 0 saturated carbocycles. The van der Waals surface area contributed by atoms with E-state index in [9.17, 15) is 14.9 Å². The van der Waals surface area contributed by atoms with E-state index < -0.39 is 4.92 Å². The molecule has 0 aliphatic heterocycles. The number of amides is 1. The molecule has 0 aliphatic rings. The highest BCUT2D eigenvalue weighted by Gasteiger charge is 2.17. The van der Waals surface area contributed by atoms with Gasteiger partial charge in [0.05, 0.1) is 4.92 Å². The van der Waals surface area contributed by atoms with Crippen LogP contribution in [0.2, 0.25) is 0 Å². The van der Waals surface area contributed by atoms with E-state index in [1.165, 1.54) is 6.07 Å². The number of nitrogens with one attached hydrogen (secondary N) is 2. The van der Waals surface area contributed by atoms with Crippen molar-refractivity contribution in [1.82, 2.24) is 5.32 Å². The second kappa shape index (κ2) is 7.74. The Morgan fingerprint density at radius 3 is 2.75 bits per heavy atom. The number of nitrogens with zero attached hydrogens (tertiary/aromatic N) is 1. The highest BCUT2D eigenvalue weighted by atomic mass is 32.2. The van der Waals surface area contributed by atoms with Gasteiger partial charge in [-0.25, -0.2) is 0 Å². The maximum Gasteiger partial charge on any atom is 0.293 e. The number of carbonyl (C=O) groups excluding carboxylic acids is 1. The van der Waals surface area contributed by atoms with Gasteiger partial charge in [-0.15, -0.1) is 0 Å². The molecule has 110 valence electrons. The van der Waals surface area contributed by atoms with Crippen LogP contribution in [-0.4, -0.2) is 35.4 Å². The molecule has 20 heavy (non-hydrogen) atoms. The fraction of sp³-hybridized carbons (Fsp3) is 0.462. The predicted octanol–water partition coefficient (Wildman–Crippen LogP) is 2.51. The van der Waals surface area contributed by atoms with Gasteiger partial charge in [0, 0.05) is 30.0 Å². The van der Waals surface area contributed by atoms with E-state index >= 15 is 0 Å². The lowest BCUT2D eigenvalue weighted by Crippen LogP contribution is -2.29. The summed E-state index contributed by atoms with van der Waals surface area (Å²) in [6.07, 6.45) is 1.97. The zero-order valence-corrected chi connectivity index (χ0v) is 12.6. The number of hydrogen-bond donors (Lipinski definition) is 2. The summed E-state index contributed by atoms with van der Waals surface area (Å²) >= 11 is 1.65. The van der Waals surface area contributed by atoms with Crippen molar-refractivity contribution in [3.8, 4) is 0 Å². The summed E-state index contributed by atoms with van der Waals surface area (Å²) in [7, 11) is 0. The summed E-state index contributed by atoms with van der Waals surface area (Å²) in [6, 6.07) is 4.45. The van der Waals surface area contributed by atoms with Gasteiger partial charge in [-0.2, -0.15) is 11.8 Å². The molecule has 1 amide bonds. The molecular formula is C13H19N3O3S. The Hall–Kier alpha value is -1.76. The molecule has 1 aromatic rings. The van der Waals surface area contributed by atoms with Gasteiger partial charge in [0.15, 0.2) is 0 Å². The van der Waals surface area contributed by atoms with Crippen LogP contribution in [0.3, 0.4) is 0 Å². The smallest absolute Gasteiger partial charge is 0.293 e. The monoisotopic (exact) mass is 297 g/mol. The second-order valence-electron chi connectivity index (χ2n) is 4.28. The van der Waals surface area contributed by atoms with Gasteiger partial charge < -0.3 is 10.6 Å². The first-order chi connectivity index (χ1) is 9.49. The minimum atomic E-state index is -0.487. The van der Waals surface area contributed by atoms with E-state index in [1.807, 2.05) is 20.1 Å². The van der Waals surface area contributed by atoms with Crippen LogP contribution in [0.4, 0.5) is 11.4 Å². The van der Waals surface area contributed by atoms with E-state index in [2.05, 4.69) is 10.6 Å². The van der Waals surface area contributed by atoms with Crippen LogP contribution in [-0.2, 0) is 0 Å². The second-order valence-corrected chi connectivity index (χ2v) is 5.55. The first kappa shape index (κ1) is 16.3. The molecule has 1 atom stereocenters. The molecule has 0 aromatic heterocycles. The van der Waals surface area contributed by atoms with Crippen molar-refractivity contribution >= 4 is 29.0 Å². The van der Waals surface area contributed by atoms with Crippen LogP contribution in [0, 0.1) is 10.1 Å². The number of anilines is 1. The van der Waals surface area contributed by atoms with Crippen molar-refractivity contribution in [3.05, 3.63) is 33.9 Å². The SMILES string of the molecule is CCNc1ccc(C(=O)NCC(C)SC)cc1[N+](=O)[O-]. The molecule has 1 rings (SSSR count). The largest absolute Gasteiger partial charge is 0.380 e. The van der Waals surface area contributed by atoms with E-state index in [1.54, 1.807) is 23.9 Å². The van der Waals surface area contributed by atoms with Gasteiger partial charge in [0.25, 0.3) is 11.6 Å². The third kappa shape index (κ3) is 4.41. The Morgan fingerprint density at radius 2 is 2.20 bits per heavy atom. The van der Waals surface area contributed by atoms with Crippen molar-refractivity contribution in [2.24, 2.45) is 0 Å². The summed E-state index contributed by atoms with van der Waals surface area (Å²) in [5.41, 5.74) is 0.635. The van der Waals surface area contributed by atoms with E-state index in [0.29, 0.717) is 29.6 Å². The van der Waals surface area contributed by atoms with Gasteiger partial charge >= 0.3 is 0 Å². The number of hydrogen-bond acceptors (Lipinski definition) is 5. The summed E-state index contributed by atoms with van der Waals surface area (Å²) in [6.45, 7) is 4.97. The Kier molecular flexibility index (Phi) is 6.30. The Morgan fingerprint density at radius 1 is 1.50 bits per heavy atom. The minimum absolute atomic E-state index is 0.0857. The number of nitro benzene ring substituents is 1. The van der Waals surface area contributed by atoms with Gasteiger partial charge in [-0.05, 0) is 25.3 Å². The molecule has 0 heterocycles. The topological polar surface area (TPSA) is 84.3 Å². The molecular weight excluding hydrogens is 278 g/mol. The molecule has 0 bridgehead atoms. The van der Waals surface area contributed by atoms with Gasteiger partial charge in [0.2, 0.25) is 0 Å². The number of benzene rings is 1. The maximum atomic E-state index is 11.9. The fourth-order valence-electron chi connectivity index (χ4n) is 1.59. The molecule has 0 radical (unpaired) electrons. The minimum Gasteiger partial charge on any atom is -0.380 e. The van der Waals surface area contributed by atoms with Crippen LogP contribution in [0.15, 0.2) is 18.2 Å². The molecule has 6 nitrogen and oxygen atoms in total. The van der Waals surface area contributed by atoms with Crippen LogP contribution >= 0.6 is 11.8 Å². The first-order valence-electron chi connectivity index (χ1n) is 6.32. The van der Waals surface area contributed by atoms with Crippen molar-refractivity contribution in [2.75, 3.05) is 24.7 Å². The molecule has 0 saturated heterocycles.